The number of nitrogens with zero attached hydrogens (tertiary/aromatic N) is 2. The Morgan fingerprint density at radius 2 is 1.85 bits per heavy atom. The molecule has 0 radical (unpaired) electrons. The van der Waals surface area contributed by atoms with Gasteiger partial charge in [0.1, 0.15) is 23.1 Å². The Labute approximate surface area is 200 Å². The molecule has 0 atom stereocenters. The van der Waals surface area contributed by atoms with Gasteiger partial charge in [-0.1, -0.05) is 0 Å². The molecule has 2 aliphatic rings. The zero-order valence-electron chi connectivity index (χ0n) is 19.8. The zero-order valence-corrected chi connectivity index (χ0v) is 19.8. The van der Waals surface area contributed by atoms with Crippen molar-refractivity contribution < 1.29 is 18.6 Å². The molecule has 8 heteroatoms. The Morgan fingerprint density at radius 1 is 1.06 bits per heavy atom. The molecule has 2 aromatic carbocycles. The molecule has 0 aliphatic carbocycles. The molecule has 1 aromatic heterocycles. The van der Waals surface area contributed by atoms with Crippen LogP contribution in [0.4, 0.5) is 11.7 Å². The molecule has 182 valence electrons. The van der Waals surface area contributed by atoms with E-state index in [-0.39, 0.29) is 6.10 Å². The van der Waals surface area contributed by atoms with Crippen molar-refractivity contribution in [3.8, 4) is 11.5 Å². The van der Waals surface area contributed by atoms with Gasteiger partial charge in [-0.05, 0) is 55.7 Å². The molecule has 2 fully saturated rings. The average Bonchev–Trinajstić information content (AvgIpc) is 3.22. The first-order chi connectivity index (χ1) is 16.6. The normalized spacial score (nSPS) is 18.3. The minimum absolute atomic E-state index is 0.212. The number of nitrogens with one attached hydrogen (secondary N) is 1. The zero-order chi connectivity index (χ0) is 23.3. The number of oxazole rings is 1. The molecule has 2 saturated heterocycles. The molecule has 0 bridgehead atoms. The molecule has 8 nitrogen and oxygen atoms in total. The van der Waals surface area contributed by atoms with Crippen molar-refractivity contribution >= 4 is 22.8 Å². The maximum absolute atomic E-state index is 6.27. The molecule has 5 rings (SSSR count). The summed E-state index contributed by atoms with van der Waals surface area (Å²) in [5.74, 6) is 1.76. The monoisotopic (exact) mass is 466 g/mol. The van der Waals surface area contributed by atoms with E-state index in [1.807, 2.05) is 31.2 Å². The van der Waals surface area contributed by atoms with Crippen LogP contribution in [0.25, 0.3) is 11.1 Å². The highest BCUT2D eigenvalue weighted by Crippen LogP contribution is 2.28. The summed E-state index contributed by atoms with van der Waals surface area (Å²) >= 11 is 0. The minimum Gasteiger partial charge on any atom is -0.494 e. The summed E-state index contributed by atoms with van der Waals surface area (Å²) in [6, 6.07) is 12.7. The number of hydrogen-bond acceptors (Lipinski definition) is 8. The Kier molecular flexibility index (Phi) is 7.06. The second kappa shape index (κ2) is 10.5. The molecule has 0 amide bonds. The third kappa shape index (κ3) is 5.74. The van der Waals surface area contributed by atoms with Crippen LogP contribution in [0.1, 0.15) is 38.2 Å². The van der Waals surface area contributed by atoms with Crippen LogP contribution in [0.5, 0.6) is 11.5 Å². The van der Waals surface area contributed by atoms with E-state index in [4.69, 9.17) is 24.4 Å². The van der Waals surface area contributed by atoms with Crippen LogP contribution >= 0.6 is 0 Å². The van der Waals surface area contributed by atoms with Gasteiger partial charge < -0.3 is 29.7 Å². The molecule has 0 unspecified atom stereocenters. The second-order valence-corrected chi connectivity index (χ2v) is 9.12. The molecule has 34 heavy (non-hydrogen) atoms. The van der Waals surface area contributed by atoms with Gasteiger partial charge in [0.25, 0.3) is 6.01 Å². The molecular weight excluding hydrogens is 432 g/mol. The van der Waals surface area contributed by atoms with Crippen LogP contribution in [0.15, 0.2) is 40.8 Å². The van der Waals surface area contributed by atoms with Crippen LogP contribution in [0.2, 0.25) is 0 Å². The highest BCUT2D eigenvalue weighted by atomic mass is 16.5. The predicted molar refractivity (Wildman–Crippen MR) is 132 cm³/mol. The van der Waals surface area contributed by atoms with Crippen molar-refractivity contribution in [1.82, 2.24) is 9.88 Å². The maximum atomic E-state index is 6.27. The third-order valence-corrected chi connectivity index (χ3v) is 6.45. The van der Waals surface area contributed by atoms with Crippen LogP contribution in [-0.4, -0.2) is 54.9 Å². The van der Waals surface area contributed by atoms with E-state index >= 15 is 0 Å². The summed E-state index contributed by atoms with van der Waals surface area (Å²) in [5.41, 5.74) is 9.30. The van der Waals surface area contributed by atoms with E-state index < -0.39 is 0 Å². The number of hydrogen-bond donors (Lipinski definition) is 2. The smallest absolute Gasteiger partial charge is 0.295 e. The number of anilines is 2. The SMILES string of the molecule is CCOc1cc(CN2CCC(Nc3nc4cc(N)ccc4o3)CC2)cc(OC2CCOCC2)c1. The number of likely N-dealkylation sites (tertiary alicyclic amines) is 1. The first kappa shape index (κ1) is 22.8. The van der Waals surface area contributed by atoms with E-state index in [1.165, 1.54) is 5.56 Å². The van der Waals surface area contributed by atoms with Crippen molar-refractivity contribution in [3.63, 3.8) is 0 Å². The summed E-state index contributed by atoms with van der Waals surface area (Å²) in [5, 5.41) is 3.46. The third-order valence-electron chi connectivity index (χ3n) is 6.45. The first-order valence-corrected chi connectivity index (χ1v) is 12.3. The Morgan fingerprint density at radius 3 is 2.65 bits per heavy atom. The highest BCUT2D eigenvalue weighted by molar-refractivity contribution is 5.78. The van der Waals surface area contributed by atoms with Crippen LogP contribution < -0.4 is 20.5 Å². The van der Waals surface area contributed by atoms with E-state index in [0.29, 0.717) is 24.4 Å². The van der Waals surface area contributed by atoms with Crippen LogP contribution in [0, 0.1) is 0 Å². The molecule has 0 saturated carbocycles. The first-order valence-electron chi connectivity index (χ1n) is 12.3. The van der Waals surface area contributed by atoms with E-state index in [0.717, 1.165) is 81.1 Å². The molecule has 0 spiro atoms. The number of aromatic nitrogens is 1. The van der Waals surface area contributed by atoms with Gasteiger partial charge in [0.2, 0.25) is 0 Å². The van der Waals surface area contributed by atoms with Gasteiger partial charge in [-0.15, -0.1) is 0 Å². The summed E-state index contributed by atoms with van der Waals surface area (Å²) in [6.45, 7) is 7.06. The van der Waals surface area contributed by atoms with Gasteiger partial charge in [0.05, 0.1) is 19.8 Å². The van der Waals surface area contributed by atoms with Crippen LogP contribution in [-0.2, 0) is 11.3 Å². The summed E-state index contributed by atoms with van der Waals surface area (Å²) in [4.78, 5) is 7.01. The Balaban J connectivity index is 1.17. The standard InChI is InChI=1S/C26H34N4O4/c1-2-32-22-13-18(14-23(16-22)33-21-7-11-31-12-8-21)17-30-9-5-20(6-10-30)28-26-29-24-15-19(27)3-4-25(24)34-26/h3-4,13-16,20-21H,2,5-12,17,27H2,1H3,(H,28,29). The van der Waals surface area contributed by atoms with Gasteiger partial charge in [-0.25, -0.2) is 0 Å². The maximum Gasteiger partial charge on any atom is 0.295 e. The van der Waals surface area contributed by atoms with Crippen molar-refractivity contribution in [3.05, 3.63) is 42.0 Å². The predicted octanol–water partition coefficient (Wildman–Crippen LogP) is 4.44. The fourth-order valence-corrected chi connectivity index (χ4v) is 4.70. The van der Waals surface area contributed by atoms with Crippen molar-refractivity contribution in [2.45, 2.75) is 51.3 Å². The lowest BCUT2D eigenvalue weighted by Crippen LogP contribution is -2.38. The Bertz CT molecular complexity index is 1090. The van der Waals surface area contributed by atoms with E-state index in [2.05, 4.69) is 27.3 Å². The van der Waals surface area contributed by atoms with Gasteiger partial charge in [0.15, 0.2) is 5.58 Å². The topological polar surface area (TPSA) is 95.0 Å². The lowest BCUT2D eigenvalue weighted by molar-refractivity contribution is 0.0254. The number of benzene rings is 2. The van der Waals surface area contributed by atoms with Crippen molar-refractivity contribution in [1.29, 1.82) is 0 Å². The molecule has 3 heterocycles. The quantitative estimate of drug-likeness (QED) is 0.471. The van der Waals surface area contributed by atoms with E-state index in [1.54, 1.807) is 0 Å². The van der Waals surface area contributed by atoms with Gasteiger partial charge in [-0.3, -0.25) is 4.90 Å². The summed E-state index contributed by atoms with van der Waals surface area (Å²) < 4.78 is 23.4. The lowest BCUT2D eigenvalue weighted by atomic mass is 10.0. The largest absolute Gasteiger partial charge is 0.494 e. The lowest BCUT2D eigenvalue weighted by Gasteiger charge is -2.32. The molecule has 3 aromatic rings. The van der Waals surface area contributed by atoms with Gasteiger partial charge in [-0.2, -0.15) is 4.98 Å². The number of ether oxygens (including phenoxy) is 3. The number of rotatable bonds is 8. The fourth-order valence-electron chi connectivity index (χ4n) is 4.70. The molecule has 3 N–H and O–H groups in total. The van der Waals surface area contributed by atoms with Crippen molar-refractivity contribution in [2.75, 3.05) is 44.0 Å². The molecule has 2 aliphatic heterocycles. The summed E-state index contributed by atoms with van der Waals surface area (Å²) in [7, 11) is 0. The van der Waals surface area contributed by atoms with E-state index in [9.17, 15) is 0 Å². The number of nitrogens with two attached hydrogens (primary N) is 1. The van der Waals surface area contributed by atoms with Crippen molar-refractivity contribution in [2.24, 2.45) is 0 Å². The number of nitrogen functional groups attached to an aromatic ring is 1. The second-order valence-electron chi connectivity index (χ2n) is 9.12. The van der Waals surface area contributed by atoms with Gasteiger partial charge in [0, 0.05) is 50.3 Å². The minimum atomic E-state index is 0.212. The van der Waals surface area contributed by atoms with Gasteiger partial charge >= 0.3 is 0 Å². The molecular formula is C26H34N4O4. The number of fused-ring (bicyclic) bond motifs is 1. The average molecular weight is 467 g/mol. The fraction of sp³-hybridized carbons (Fsp3) is 0.500. The summed E-state index contributed by atoms with van der Waals surface area (Å²) in [6.07, 6.45) is 4.13. The Hall–Kier alpha value is -2.97. The number of piperidine rings is 1. The van der Waals surface area contributed by atoms with Crippen LogP contribution in [0.3, 0.4) is 0 Å². The highest BCUT2D eigenvalue weighted by Gasteiger charge is 2.22.